The van der Waals surface area contributed by atoms with Crippen LogP contribution in [0.2, 0.25) is 0 Å². The molecule has 0 radical (unpaired) electrons. The van der Waals surface area contributed by atoms with Gasteiger partial charge in [-0.2, -0.15) is 0 Å². The average Bonchev–Trinajstić information content (AvgIpc) is 2.79. The lowest BCUT2D eigenvalue weighted by Gasteiger charge is -2.06. The van der Waals surface area contributed by atoms with Gasteiger partial charge in [-0.3, -0.25) is 0 Å². The van der Waals surface area contributed by atoms with Crippen LogP contribution in [0.25, 0.3) is 0 Å². The van der Waals surface area contributed by atoms with Crippen LogP contribution in [0.3, 0.4) is 0 Å². The summed E-state index contributed by atoms with van der Waals surface area (Å²) < 4.78 is 3.89. The predicted molar refractivity (Wildman–Crippen MR) is 73.8 cm³/mol. The molecule has 2 aromatic rings. The van der Waals surface area contributed by atoms with Crippen LogP contribution in [-0.2, 0) is 24.3 Å². The smallest absolute Gasteiger partial charge is 0.257 e. The molecule has 20 heavy (non-hydrogen) atoms. The van der Waals surface area contributed by atoms with Crippen LogP contribution < -0.4 is 9.67 Å². The third-order valence-corrected chi connectivity index (χ3v) is 3.34. The highest BCUT2D eigenvalue weighted by atomic mass is 16.4. The first-order valence-corrected chi connectivity index (χ1v) is 7.02. The van der Waals surface area contributed by atoms with Gasteiger partial charge in [0.15, 0.2) is 0 Å². The van der Waals surface area contributed by atoms with Gasteiger partial charge in [-0.05, 0) is 12.0 Å². The van der Waals surface area contributed by atoms with Gasteiger partial charge >= 0.3 is 0 Å². The number of benzene rings is 1. The standard InChI is InChI=1S/C16H20N2O2/c1-2-3-9-15-17(10-11-18(15)13-16(19)20)12-14-7-5-4-6-8-14/h4-8,10-11H,2-3,9,12-13H2,1H3. The minimum absolute atomic E-state index is 0.0825. The molecular formula is C16H20N2O2. The number of carboxylic acid groups (broad SMARTS) is 1. The van der Waals surface area contributed by atoms with Crippen LogP contribution in [0.5, 0.6) is 0 Å². The van der Waals surface area contributed by atoms with E-state index in [1.807, 2.05) is 30.6 Å². The van der Waals surface area contributed by atoms with Gasteiger partial charge in [-0.15, -0.1) is 0 Å². The summed E-state index contributed by atoms with van der Waals surface area (Å²) in [7, 11) is 0. The number of carbonyl (C=O) groups excluding carboxylic acids is 1. The molecule has 1 heterocycles. The largest absolute Gasteiger partial charge is 0.546 e. The van der Waals surface area contributed by atoms with E-state index in [2.05, 4.69) is 23.6 Å². The third kappa shape index (κ3) is 3.70. The van der Waals surface area contributed by atoms with E-state index in [1.54, 1.807) is 4.57 Å². The SMILES string of the molecule is CCCCc1n(CC(=O)[O-])cc[n+]1Cc1ccccc1. The van der Waals surface area contributed by atoms with Crippen molar-refractivity contribution in [3.8, 4) is 0 Å². The molecule has 0 spiro atoms. The summed E-state index contributed by atoms with van der Waals surface area (Å²) in [5.74, 6) is -0.00915. The Bertz CT molecular complexity index is 561. The van der Waals surface area contributed by atoms with Crippen molar-refractivity contribution in [2.75, 3.05) is 0 Å². The molecule has 0 saturated carbocycles. The quantitative estimate of drug-likeness (QED) is 0.704. The molecule has 0 bridgehead atoms. The van der Waals surface area contributed by atoms with Crippen LogP contribution >= 0.6 is 0 Å². The third-order valence-electron chi connectivity index (χ3n) is 3.34. The summed E-state index contributed by atoms with van der Waals surface area (Å²) in [5.41, 5.74) is 1.21. The molecule has 1 aromatic heterocycles. The zero-order valence-corrected chi connectivity index (χ0v) is 11.8. The van der Waals surface area contributed by atoms with E-state index >= 15 is 0 Å². The van der Waals surface area contributed by atoms with Crippen molar-refractivity contribution < 1.29 is 14.5 Å². The van der Waals surface area contributed by atoms with E-state index in [9.17, 15) is 9.90 Å². The summed E-state index contributed by atoms with van der Waals surface area (Å²) in [6.45, 7) is 2.81. The summed E-state index contributed by atoms with van der Waals surface area (Å²) in [6.07, 6.45) is 6.78. The Morgan fingerprint density at radius 2 is 2.05 bits per heavy atom. The number of imidazole rings is 1. The molecule has 0 aliphatic heterocycles. The van der Waals surface area contributed by atoms with Crippen molar-refractivity contribution in [3.05, 3.63) is 54.1 Å². The van der Waals surface area contributed by atoms with Gasteiger partial charge < -0.3 is 9.90 Å². The van der Waals surface area contributed by atoms with Gasteiger partial charge in [0, 0.05) is 6.42 Å². The van der Waals surface area contributed by atoms with Crippen molar-refractivity contribution in [1.82, 2.24) is 4.57 Å². The highest BCUT2D eigenvalue weighted by Crippen LogP contribution is 2.05. The normalized spacial score (nSPS) is 10.7. The number of nitrogens with zero attached hydrogens (tertiary/aromatic N) is 2. The molecule has 2 rings (SSSR count). The first-order chi connectivity index (χ1) is 9.70. The van der Waals surface area contributed by atoms with E-state index in [4.69, 9.17) is 0 Å². The fourth-order valence-corrected chi connectivity index (χ4v) is 2.33. The minimum Gasteiger partial charge on any atom is -0.546 e. The van der Waals surface area contributed by atoms with Crippen molar-refractivity contribution in [2.24, 2.45) is 0 Å². The van der Waals surface area contributed by atoms with Gasteiger partial charge in [0.2, 0.25) is 0 Å². The molecule has 0 aliphatic rings. The first-order valence-electron chi connectivity index (χ1n) is 7.02. The second-order valence-electron chi connectivity index (χ2n) is 4.93. The van der Waals surface area contributed by atoms with Crippen LogP contribution in [0, 0.1) is 0 Å². The second-order valence-corrected chi connectivity index (χ2v) is 4.93. The van der Waals surface area contributed by atoms with Crippen LogP contribution in [0.1, 0.15) is 31.2 Å². The van der Waals surface area contributed by atoms with Crippen molar-refractivity contribution in [2.45, 2.75) is 39.3 Å². The molecule has 4 heteroatoms. The lowest BCUT2D eigenvalue weighted by Crippen LogP contribution is -2.39. The average molecular weight is 272 g/mol. The first kappa shape index (κ1) is 14.3. The Morgan fingerprint density at radius 3 is 2.70 bits per heavy atom. The van der Waals surface area contributed by atoms with E-state index in [-0.39, 0.29) is 6.54 Å². The number of rotatable bonds is 7. The van der Waals surface area contributed by atoms with Crippen LogP contribution in [0.4, 0.5) is 0 Å². The molecule has 0 fully saturated rings. The monoisotopic (exact) mass is 272 g/mol. The Morgan fingerprint density at radius 1 is 1.30 bits per heavy atom. The summed E-state index contributed by atoms with van der Waals surface area (Å²) in [6, 6.07) is 10.2. The van der Waals surface area contributed by atoms with Crippen molar-refractivity contribution >= 4 is 5.97 Å². The molecule has 1 aromatic carbocycles. The number of hydrogen-bond acceptors (Lipinski definition) is 2. The van der Waals surface area contributed by atoms with E-state index < -0.39 is 5.97 Å². The highest BCUT2D eigenvalue weighted by molar-refractivity contribution is 5.64. The molecule has 0 amide bonds. The zero-order chi connectivity index (χ0) is 14.4. The molecular weight excluding hydrogens is 252 g/mol. The van der Waals surface area contributed by atoms with E-state index in [0.717, 1.165) is 31.6 Å². The Balaban J connectivity index is 2.22. The van der Waals surface area contributed by atoms with Crippen LogP contribution in [-0.4, -0.2) is 10.5 Å². The topological polar surface area (TPSA) is 48.9 Å². The van der Waals surface area contributed by atoms with Gasteiger partial charge in [0.1, 0.15) is 25.5 Å². The molecule has 0 atom stereocenters. The molecule has 106 valence electrons. The summed E-state index contributed by atoms with van der Waals surface area (Å²) >= 11 is 0. The van der Waals surface area contributed by atoms with E-state index in [1.165, 1.54) is 5.56 Å². The lowest BCUT2D eigenvalue weighted by atomic mass is 10.2. The number of hydrogen-bond donors (Lipinski definition) is 0. The fraction of sp³-hybridized carbons (Fsp3) is 0.375. The molecule has 0 saturated heterocycles. The van der Waals surface area contributed by atoms with Gasteiger partial charge in [0.05, 0.1) is 5.97 Å². The fourth-order valence-electron chi connectivity index (χ4n) is 2.33. The maximum atomic E-state index is 10.8. The second kappa shape index (κ2) is 6.89. The number of unbranched alkanes of at least 4 members (excludes halogenated alkanes) is 1. The van der Waals surface area contributed by atoms with Crippen molar-refractivity contribution in [3.63, 3.8) is 0 Å². The molecule has 0 N–H and O–H groups in total. The minimum atomic E-state index is -1.05. The number of carboxylic acids is 1. The Kier molecular flexibility index (Phi) is 4.93. The number of aromatic nitrogens is 2. The Hall–Kier alpha value is -2.10. The predicted octanol–water partition coefficient (Wildman–Crippen LogP) is 0.916. The number of carbonyl (C=O) groups is 1. The summed E-state index contributed by atoms with van der Waals surface area (Å²) in [4.78, 5) is 10.8. The maximum absolute atomic E-state index is 10.8. The highest BCUT2D eigenvalue weighted by Gasteiger charge is 2.16. The maximum Gasteiger partial charge on any atom is 0.257 e. The summed E-state index contributed by atoms with van der Waals surface area (Å²) in [5, 5.41) is 10.8. The molecule has 4 nitrogen and oxygen atoms in total. The molecule has 0 unspecified atom stereocenters. The Labute approximate surface area is 119 Å². The zero-order valence-electron chi connectivity index (χ0n) is 11.8. The number of aliphatic carboxylic acids is 1. The molecule has 0 aliphatic carbocycles. The van der Waals surface area contributed by atoms with E-state index in [0.29, 0.717) is 0 Å². The van der Waals surface area contributed by atoms with Crippen LogP contribution in [0.15, 0.2) is 42.7 Å². The lowest BCUT2D eigenvalue weighted by molar-refractivity contribution is -0.695. The van der Waals surface area contributed by atoms with Gasteiger partial charge in [-0.1, -0.05) is 43.7 Å². The van der Waals surface area contributed by atoms with Gasteiger partial charge in [0.25, 0.3) is 5.82 Å². The van der Waals surface area contributed by atoms with Gasteiger partial charge in [-0.25, -0.2) is 9.13 Å². The van der Waals surface area contributed by atoms with Crippen molar-refractivity contribution in [1.29, 1.82) is 0 Å².